The molecule has 0 aliphatic rings. The van der Waals surface area contributed by atoms with Gasteiger partial charge in [0.1, 0.15) is 10.7 Å². The maximum absolute atomic E-state index is 12.6. The number of halogens is 1. The minimum absolute atomic E-state index is 0.119. The minimum Gasteiger partial charge on any atom is -0.382 e. The number of hydrogen-bond acceptors (Lipinski definition) is 5. The summed E-state index contributed by atoms with van der Waals surface area (Å²) in [6.45, 7) is 4.08. The van der Waals surface area contributed by atoms with Crippen LogP contribution in [0.15, 0.2) is 46.9 Å². The van der Waals surface area contributed by atoms with Crippen LogP contribution in [0.5, 0.6) is 0 Å². The van der Waals surface area contributed by atoms with Crippen molar-refractivity contribution in [2.24, 2.45) is 0 Å². The van der Waals surface area contributed by atoms with E-state index in [0.717, 1.165) is 15.7 Å². The number of carbonyl (C=O) groups excluding carboxylic acids is 1. The van der Waals surface area contributed by atoms with E-state index in [-0.39, 0.29) is 11.6 Å². The molecule has 3 aromatic rings. The van der Waals surface area contributed by atoms with Gasteiger partial charge >= 0.3 is 0 Å². The second kappa shape index (κ2) is 6.75. The highest BCUT2D eigenvalue weighted by Crippen LogP contribution is 2.31. The summed E-state index contributed by atoms with van der Waals surface area (Å²) < 4.78 is 0.925. The maximum atomic E-state index is 12.6. The quantitative estimate of drug-likeness (QED) is 0.598. The van der Waals surface area contributed by atoms with Crippen LogP contribution in [-0.4, -0.2) is 10.8 Å². The first-order valence-electron chi connectivity index (χ1n) is 7.35. The van der Waals surface area contributed by atoms with Gasteiger partial charge in [0.15, 0.2) is 5.13 Å². The van der Waals surface area contributed by atoms with Gasteiger partial charge in [-0.1, -0.05) is 45.0 Å². The fourth-order valence-electron chi connectivity index (χ4n) is 2.35. The molecule has 0 bridgehead atoms. The normalized spacial score (nSPS) is 10.6. The lowest BCUT2D eigenvalue weighted by Gasteiger charge is -2.07. The van der Waals surface area contributed by atoms with Crippen LogP contribution in [0.2, 0.25) is 0 Å². The van der Waals surface area contributed by atoms with E-state index in [1.54, 1.807) is 12.1 Å². The van der Waals surface area contributed by atoms with Gasteiger partial charge in [0.05, 0.1) is 0 Å². The molecule has 3 rings (SSSR count). The number of aromatic nitrogens is 1. The summed E-state index contributed by atoms with van der Waals surface area (Å²) in [4.78, 5) is 17.3. The van der Waals surface area contributed by atoms with E-state index in [4.69, 9.17) is 5.73 Å². The van der Waals surface area contributed by atoms with Crippen LogP contribution in [0.1, 0.15) is 26.4 Å². The molecule has 0 fully saturated rings. The molecule has 4 nitrogen and oxygen atoms in total. The van der Waals surface area contributed by atoms with Crippen molar-refractivity contribution < 1.29 is 4.79 Å². The highest BCUT2D eigenvalue weighted by molar-refractivity contribution is 9.10. The highest BCUT2D eigenvalue weighted by Gasteiger charge is 2.18. The van der Waals surface area contributed by atoms with Crippen LogP contribution < -0.4 is 11.1 Å². The van der Waals surface area contributed by atoms with E-state index in [9.17, 15) is 4.79 Å². The van der Waals surface area contributed by atoms with Gasteiger partial charge in [0.2, 0.25) is 5.78 Å². The molecule has 0 saturated carbocycles. The molecule has 0 spiro atoms. The summed E-state index contributed by atoms with van der Waals surface area (Å²) in [7, 11) is 0. The van der Waals surface area contributed by atoms with Crippen molar-refractivity contribution in [3.63, 3.8) is 0 Å². The average molecular weight is 402 g/mol. The van der Waals surface area contributed by atoms with Crippen LogP contribution in [0, 0.1) is 13.8 Å². The van der Waals surface area contributed by atoms with Crippen LogP contribution in [0.3, 0.4) is 0 Å². The Morgan fingerprint density at radius 2 is 1.88 bits per heavy atom. The number of nitrogen functional groups attached to an aromatic ring is 1. The molecule has 6 heteroatoms. The van der Waals surface area contributed by atoms with Gasteiger partial charge in [-0.25, -0.2) is 4.98 Å². The van der Waals surface area contributed by atoms with E-state index in [1.807, 2.05) is 38.1 Å². The van der Waals surface area contributed by atoms with Crippen molar-refractivity contribution >= 4 is 49.7 Å². The van der Waals surface area contributed by atoms with E-state index in [0.29, 0.717) is 15.6 Å². The maximum Gasteiger partial charge on any atom is 0.206 e. The van der Waals surface area contributed by atoms with Gasteiger partial charge in [-0.05, 0) is 49.7 Å². The SMILES string of the molecule is Cc1ccc(Nc2nc(N)c(C(=O)c3ccc(Br)cc3)s2)c(C)c1. The number of rotatable bonds is 4. The van der Waals surface area contributed by atoms with Gasteiger partial charge in [-0.15, -0.1) is 0 Å². The Balaban J connectivity index is 1.87. The van der Waals surface area contributed by atoms with Gasteiger partial charge < -0.3 is 11.1 Å². The molecule has 0 atom stereocenters. The molecular weight excluding hydrogens is 386 g/mol. The molecule has 0 aliphatic carbocycles. The second-order valence-electron chi connectivity index (χ2n) is 5.51. The molecule has 1 aromatic heterocycles. The molecule has 0 radical (unpaired) electrons. The van der Waals surface area contributed by atoms with Gasteiger partial charge in [0, 0.05) is 15.7 Å². The molecule has 0 saturated heterocycles. The van der Waals surface area contributed by atoms with E-state index >= 15 is 0 Å². The number of ketones is 1. The third-order valence-electron chi connectivity index (χ3n) is 3.59. The van der Waals surface area contributed by atoms with E-state index < -0.39 is 0 Å². The number of nitrogens with two attached hydrogens (primary N) is 1. The van der Waals surface area contributed by atoms with Gasteiger partial charge in [-0.3, -0.25) is 4.79 Å². The molecule has 0 amide bonds. The summed E-state index contributed by atoms with van der Waals surface area (Å²) >= 11 is 4.63. The number of nitrogens with one attached hydrogen (secondary N) is 1. The Kier molecular flexibility index (Phi) is 4.69. The Hall–Kier alpha value is -2.18. The molecule has 2 aromatic carbocycles. The average Bonchev–Trinajstić information content (AvgIpc) is 2.91. The van der Waals surface area contributed by atoms with Crippen molar-refractivity contribution in [1.82, 2.24) is 4.98 Å². The summed E-state index contributed by atoms with van der Waals surface area (Å²) in [5.74, 6) is 0.131. The third-order valence-corrected chi connectivity index (χ3v) is 5.10. The molecule has 1 heterocycles. The predicted molar refractivity (Wildman–Crippen MR) is 103 cm³/mol. The highest BCUT2D eigenvalue weighted by atomic mass is 79.9. The Labute approximate surface area is 152 Å². The monoisotopic (exact) mass is 401 g/mol. The zero-order chi connectivity index (χ0) is 17.3. The first-order valence-corrected chi connectivity index (χ1v) is 8.96. The Morgan fingerprint density at radius 1 is 1.17 bits per heavy atom. The first-order chi connectivity index (χ1) is 11.4. The number of anilines is 3. The van der Waals surface area contributed by atoms with Crippen molar-refractivity contribution in [3.05, 3.63) is 68.5 Å². The van der Waals surface area contributed by atoms with Crippen LogP contribution in [-0.2, 0) is 0 Å². The molecule has 122 valence electrons. The van der Waals surface area contributed by atoms with Gasteiger partial charge in [0.25, 0.3) is 0 Å². The van der Waals surface area contributed by atoms with Crippen molar-refractivity contribution in [1.29, 1.82) is 0 Å². The van der Waals surface area contributed by atoms with Crippen LogP contribution in [0.4, 0.5) is 16.6 Å². The zero-order valence-electron chi connectivity index (χ0n) is 13.3. The zero-order valence-corrected chi connectivity index (χ0v) is 15.7. The Bertz CT molecular complexity index is 903. The smallest absolute Gasteiger partial charge is 0.206 e. The Morgan fingerprint density at radius 3 is 2.54 bits per heavy atom. The largest absolute Gasteiger partial charge is 0.382 e. The minimum atomic E-state index is -0.119. The summed E-state index contributed by atoms with van der Waals surface area (Å²) in [5, 5.41) is 3.85. The standard InChI is InChI=1S/C18H16BrN3OS/c1-10-3-8-14(11(2)9-10)21-18-22-17(20)16(24-18)15(23)12-4-6-13(19)7-5-12/h3-9H,20H2,1-2H3,(H,21,22). The fourth-order valence-corrected chi connectivity index (χ4v) is 3.47. The lowest BCUT2D eigenvalue weighted by Crippen LogP contribution is -2.02. The van der Waals surface area contributed by atoms with E-state index in [2.05, 4.69) is 32.3 Å². The lowest BCUT2D eigenvalue weighted by atomic mass is 10.1. The first kappa shape index (κ1) is 16.7. The number of carbonyl (C=O) groups is 1. The van der Waals surface area contributed by atoms with Crippen LogP contribution in [0.25, 0.3) is 0 Å². The molecule has 24 heavy (non-hydrogen) atoms. The predicted octanol–water partition coefficient (Wildman–Crippen LogP) is 5.08. The summed E-state index contributed by atoms with van der Waals surface area (Å²) in [6.07, 6.45) is 0. The lowest BCUT2D eigenvalue weighted by molar-refractivity contribution is 0.104. The summed E-state index contributed by atoms with van der Waals surface area (Å²) in [6, 6.07) is 13.3. The topological polar surface area (TPSA) is 68.0 Å². The molecule has 0 aliphatic heterocycles. The van der Waals surface area contributed by atoms with Crippen LogP contribution >= 0.6 is 27.3 Å². The summed E-state index contributed by atoms with van der Waals surface area (Å²) in [5.41, 5.74) is 9.81. The third kappa shape index (κ3) is 3.49. The number of hydrogen-bond donors (Lipinski definition) is 2. The van der Waals surface area contributed by atoms with Crippen molar-refractivity contribution in [2.75, 3.05) is 11.1 Å². The van der Waals surface area contributed by atoms with Crippen molar-refractivity contribution in [2.45, 2.75) is 13.8 Å². The second-order valence-corrected chi connectivity index (χ2v) is 7.43. The number of aryl methyl sites for hydroxylation is 2. The number of thiazole rings is 1. The van der Waals surface area contributed by atoms with Gasteiger partial charge in [-0.2, -0.15) is 0 Å². The van der Waals surface area contributed by atoms with Crippen molar-refractivity contribution in [3.8, 4) is 0 Å². The molecule has 0 unspecified atom stereocenters. The molecular formula is C18H16BrN3OS. The number of benzene rings is 2. The number of nitrogens with zero attached hydrogens (tertiary/aromatic N) is 1. The molecule has 3 N–H and O–H groups in total. The van der Waals surface area contributed by atoms with E-state index in [1.165, 1.54) is 16.9 Å². The fraction of sp³-hybridized carbons (Fsp3) is 0.111.